The first-order valence-corrected chi connectivity index (χ1v) is 9.29. The number of carbonyl (C=O) groups is 1. The number of amides is 1. The first-order chi connectivity index (χ1) is 13.7. The molecule has 5 rings (SSSR count). The molecule has 2 aromatic heterocycles. The quantitative estimate of drug-likeness (QED) is 0.585. The van der Waals surface area contributed by atoms with Crippen molar-refractivity contribution >= 4 is 28.4 Å². The predicted octanol–water partition coefficient (Wildman–Crippen LogP) is 4.21. The molecule has 5 nitrogen and oxygen atoms in total. The Hall–Kier alpha value is -3.60. The van der Waals surface area contributed by atoms with Gasteiger partial charge in [-0.15, -0.1) is 0 Å². The number of anilines is 2. The van der Waals surface area contributed by atoms with Gasteiger partial charge in [0.05, 0.1) is 6.26 Å². The van der Waals surface area contributed by atoms with Crippen molar-refractivity contribution in [1.29, 1.82) is 0 Å². The summed E-state index contributed by atoms with van der Waals surface area (Å²) in [6.07, 6.45) is 5.16. The number of nitrogens with zero attached hydrogens (tertiary/aromatic N) is 2. The topological polar surface area (TPSA) is 72.4 Å². The predicted molar refractivity (Wildman–Crippen MR) is 109 cm³/mol. The van der Waals surface area contributed by atoms with Crippen molar-refractivity contribution in [3.05, 3.63) is 89.3 Å². The minimum Gasteiger partial charge on any atom is -0.464 e. The van der Waals surface area contributed by atoms with E-state index < -0.39 is 0 Å². The number of pyridine rings is 1. The molecule has 5 heteroatoms. The average Bonchev–Trinajstić information content (AvgIpc) is 3.34. The largest absolute Gasteiger partial charge is 0.464 e. The first-order valence-electron chi connectivity index (χ1n) is 9.29. The van der Waals surface area contributed by atoms with Gasteiger partial charge in [-0.3, -0.25) is 4.79 Å². The van der Waals surface area contributed by atoms with Gasteiger partial charge in [-0.2, -0.15) is 0 Å². The van der Waals surface area contributed by atoms with E-state index in [2.05, 4.69) is 28.1 Å². The fraction of sp³-hybridized carbons (Fsp3) is 0.130. The molecule has 0 saturated heterocycles. The standard InChI is InChI=1S/C23H19N3O2/c24-23(27)19-2-1-3-20-18(19)7-10-26(20)22-14-16(6-9-25-22)12-15-4-5-21-17(13-15)8-11-28-21/h1-6,8-9,11,13-14H,7,10,12H2,(H2,24,27). The van der Waals surface area contributed by atoms with Gasteiger partial charge in [-0.05, 0) is 72.0 Å². The number of carbonyl (C=O) groups excluding carboxylic acids is 1. The van der Waals surface area contributed by atoms with Gasteiger partial charge in [-0.1, -0.05) is 12.1 Å². The molecule has 0 bridgehead atoms. The van der Waals surface area contributed by atoms with Crippen LogP contribution < -0.4 is 10.6 Å². The van der Waals surface area contributed by atoms with Crippen LogP contribution in [-0.4, -0.2) is 17.4 Å². The van der Waals surface area contributed by atoms with Crippen molar-refractivity contribution in [1.82, 2.24) is 4.98 Å². The van der Waals surface area contributed by atoms with Crippen molar-refractivity contribution in [2.45, 2.75) is 12.8 Å². The molecule has 0 aliphatic carbocycles. The smallest absolute Gasteiger partial charge is 0.249 e. The number of fused-ring (bicyclic) bond motifs is 2. The Bertz CT molecular complexity index is 1200. The molecule has 0 fully saturated rings. The normalized spacial score (nSPS) is 13.1. The number of furan rings is 1. The summed E-state index contributed by atoms with van der Waals surface area (Å²) < 4.78 is 5.42. The highest BCUT2D eigenvalue weighted by molar-refractivity contribution is 5.96. The van der Waals surface area contributed by atoms with Gasteiger partial charge in [0.15, 0.2) is 0 Å². The molecule has 2 aromatic carbocycles. The lowest BCUT2D eigenvalue weighted by Gasteiger charge is -2.19. The third kappa shape index (κ3) is 2.81. The van der Waals surface area contributed by atoms with Crippen molar-refractivity contribution in [2.75, 3.05) is 11.4 Å². The van der Waals surface area contributed by atoms with E-state index in [1.807, 2.05) is 36.5 Å². The second-order valence-corrected chi connectivity index (χ2v) is 7.06. The molecular formula is C23H19N3O2. The van der Waals surface area contributed by atoms with E-state index in [1.165, 1.54) is 11.1 Å². The SMILES string of the molecule is NC(=O)c1cccc2c1CCN2c1cc(Cc2ccc3occc3c2)ccn1. The van der Waals surface area contributed by atoms with Crippen LogP contribution in [0.1, 0.15) is 27.0 Å². The van der Waals surface area contributed by atoms with E-state index in [-0.39, 0.29) is 5.91 Å². The Morgan fingerprint density at radius 2 is 2.00 bits per heavy atom. The van der Waals surface area contributed by atoms with Crippen LogP contribution in [0.4, 0.5) is 11.5 Å². The van der Waals surface area contributed by atoms with E-state index >= 15 is 0 Å². The molecule has 0 radical (unpaired) electrons. The minimum absolute atomic E-state index is 0.380. The van der Waals surface area contributed by atoms with Crippen LogP contribution in [0.2, 0.25) is 0 Å². The fourth-order valence-corrected chi connectivity index (χ4v) is 3.98. The maximum Gasteiger partial charge on any atom is 0.249 e. The minimum atomic E-state index is -0.380. The van der Waals surface area contributed by atoms with Crippen molar-refractivity contribution in [3.8, 4) is 0 Å². The molecule has 4 aromatic rings. The Balaban J connectivity index is 1.46. The number of nitrogens with two attached hydrogens (primary N) is 1. The van der Waals surface area contributed by atoms with E-state index in [0.29, 0.717) is 5.56 Å². The average molecular weight is 369 g/mol. The van der Waals surface area contributed by atoms with Gasteiger partial charge in [0, 0.05) is 29.4 Å². The van der Waals surface area contributed by atoms with Crippen LogP contribution in [0.3, 0.4) is 0 Å². The Morgan fingerprint density at radius 1 is 1.11 bits per heavy atom. The molecule has 0 spiro atoms. The third-order valence-corrected chi connectivity index (χ3v) is 5.30. The summed E-state index contributed by atoms with van der Waals surface area (Å²) in [6, 6.07) is 18.1. The van der Waals surface area contributed by atoms with E-state index in [9.17, 15) is 4.79 Å². The van der Waals surface area contributed by atoms with E-state index in [4.69, 9.17) is 10.2 Å². The van der Waals surface area contributed by atoms with Crippen LogP contribution in [0, 0.1) is 0 Å². The summed E-state index contributed by atoms with van der Waals surface area (Å²) in [7, 11) is 0. The van der Waals surface area contributed by atoms with Gasteiger partial charge < -0.3 is 15.1 Å². The molecule has 1 amide bonds. The zero-order valence-electron chi connectivity index (χ0n) is 15.3. The third-order valence-electron chi connectivity index (χ3n) is 5.30. The van der Waals surface area contributed by atoms with E-state index in [0.717, 1.165) is 47.4 Å². The molecule has 1 aliphatic rings. The molecule has 0 unspecified atom stereocenters. The number of benzene rings is 2. The van der Waals surface area contributed by atoms with Crippen LogP contribution in [-0.2, 0) is 12.8 Å². The van der Waals surface area contributed by atoms with Crippen molar-refractivity contribution < 1.29 is 9.21 Å². The summed E-state index contributed by atoms with van der Waals surface area (Å²) in [6.45, 7) is 0.789. The van der Waals surface area contributed by atoms with Gasteiger partial charge in [-0.25, -0.2) is 4.98 Å². The Morgan fingerprint density at radius 3 is 2.89 bits per heavy atom. The van der Waals surface area contributed by atoms with Gasteiger partial charge in [0.1, 0.15) is 11.4 Å². The maximum atomic E-state index is 11.7. The van der Waals surface area contributed by atoms with Crippen LogP contribution in [0.25, 0.3) is 11.0 Å². The highest BCUT2D eigenvalue weighted by Gasteiger charge is 2.25. The lowest BCUT2D eigenvalue weighted by molar-refractivity contribution is 0.0999. The Kier molecular flexibility index (Phi) is 3.86. The summed E-state index contributed by atoms with van der Waals surface area (Å²) in [5.41, 5.74) is 11.5. The second kappa shape index (κ2) is 6.53. The maximum absolute atomic E-state index is 11.7. The molecule has 0 atom stereocenters. The van der Waals surface area contributed by atoms with Gasteiger partial charge in [0.2, 0.25) is 5.91 Å². The number of aromatic nitrogens is 1. The van der Waals surface area contributed by atoms with Crippen LogP contribution >= 0.6 is 0 Å². The molecule has 0 saturated carbocycles. The highest BCUT2D eigenvalue weighted by atomic mass is 16.3. The van der Waals surface area contributed by atoms with Crippen molar-refractivity contribution in [3.63, 3.8) is 0 Å². The van der Waals surface area contributed by atoms with Gasteiger partial charge >= 0.3 is 0 Å². The van der Waals surface area contributed by atoms with Crippen molar-refractivity contribution in [2.24, 2.45) is 5.73 Å². The number of rotatable bonds is 4. The molecule has 138 valence electrons. The molecule has 1 aliphatic heterocycles. The number of primary amides is 1. The molecular weight excluding hydrogens is 350 g/mol. The second-order valence-electron chi connectivity index (χ2n) is 7.06. The zero-order chi connectivity index (χ0) is 19.1. The van der Waals surface area contributed by atoms with E-state index in [1.54, 1.807) is 12.3 Å². The lowest BCUT2D eigenvalue weighted by Crippen LogP contribution is -2.15. The number of hydrogen-bond acceptors (Lipinski definition) is 4. The summed E-state index contributed by atoms with van der Waals surface area (Å²) in [4.78, 5) is 18.4. The molecule has 28 heavy (non-hydrogen) atoms. The fourth-order valence-electron chi connectivity index (χ4n) is 3.98. The lowest BCUT2D eigenvalue weighted by atomic mass is 10.0. The summed E-state index contributed by atoms with van der Waals surface area (Å²) in [5, 5.41) is 1.11. The summed E-state index contributed by atoms with van der Waals surface area (Å²) >= 11 is 0. The Labute approximate surface area is 162 Å². The monoisotopic (exact) mass is 369 g/mol. The van der Waals surface area contributed by atoms with Crippen LogP contribution in [0.15, 0.2) is 71.5 Å². The molecule has 2 N–H and O–H groups in total. The summed E-state index contributed by atoms with van der Waals surface area (Å²) in [5.74, 6) is 0.511. The zero-order valence-corrected chi connectivity index (χ0v) is 15.3. The van der Waals surface area contributed by atoms with Gasteiger partial charge in [0.25, 0.3) is 0 Å². The van der Waals surface area contributed by atoms with Crippen LogP contribution in [0.5, 0.6) is 0 Å². The first kappa shape index (κ1) is 16.6. The highest BCUT2D eigenvalue weighted by Crippen LogP contribution is 2.35. The molecule has 3 heterocycles. The number of hydrogen-bond donors (Lipinski definition) is 1.